The molecule has 0 atom stereocenters. The molecule has 0 unspecified atom stereocenters. The highest BCUT2D eigenvalue weighted by molar-refractivity contribution is 5.91. The van der Waals surface area contributed by atoms with Crippen LogP contribution >= 0.6 is 0 Å². The number of hydrogen-bond acceptors (Lipinski definition) is 7. The number of carbonyl (C=O) groups excluding carboxylic acids is 1. The van der Waals surface area contributed by atoms with Gasteiger partial charge in [-0.25, -0.2) is 0 Å². The Kier molecular flexibility index (Phi) is 7.07. The maximum absolute atomic E-state index is 12.4. The van der Waals surface area contributed by atoms with E-state index in [1.165, 1.54) is 30.0 Å². The van der Waals surface area contributed by atoms with Crippen LogP contribution in [-0.4, -0.2) is 40.9 Å². The Labute approximate surface area is 158 Å². The number of anilines is 1. The summed E-state index contributed by atoms with van der Waals surface area (Å²) in [5.41, 5.74) is 0.0120. The van der Waals surface area contributed by atoms with Crippen LogP contribution in [0.15, 0.2) is 24.4 Å². The quantitative estimate of drug-likeness (QED) is 0.481. The molecule has 1 N–H and O–H groups in total. The number of ether oxygens (including phenoxy) is 3. The number of alkyl halides is 2. The van der Waals surface area contributed by atoms with Crippen LogP contribution < -0.4 is 19.5 Å². The van der Waals surface area contributed by atoms with E-state index in [2.05, 4.69) is 15.2 Å². The molecule has 0 aliphatic carbocycles. The zero-order valence-corrected chi connectivity index (χ0v) is 15.1. The Hall–Kier alpha value is -3.44. The third-order valence-corrected chi connectivity index (χ3v) is 3.41. The van der Waals surface area contributed by atoms with Gasteiger partial charge in [-0.1, -0.05) is 0 Å². The van der Waals surface area contributed by atoms with Crippen molar-refractivity contribution in [1.82, 2.24) is 9.78 Å². The van der Waals surface area contributed by atoms with Gasteiger partial charge in [0.1, 0.15) is 6.20 Å². The zero-order chi connectivity index (χ0) is 20.7. The van der Waals surface area contributed by atoms with Crippen molar-refractivity contribution in [2.24, 2.45) is 0 Å². The van der Waals surface area contributed by atoms with E-state index in [0.29, 0.717) is 5.69 Å². The first kappa shape index (κ1) is 20.9. The summed E-state index contributed by atoms with van der Waals surface area (Å²) in [6.07, 6.45) is 1.12. The van der Waals surface area contributed by atoms with E-state index in [1.54, 1.807) is 6.92 Å². The second-order valence-corrected chi connectivity index (χ2v) is 5.32. The van der Waals surface area contributed by atoms with Gasteiger partial charge in [0.2, 0.25) is 5.91 Å². The number of nitro groups is 1. The smallest absolute Gasteiger partial charge is 0.387 e. The van der Waals surface area contributed by atoms with E-state index in [1.807, 2.05) is 0 Å². The van der Waals surface area contributed by atoms with Crippen LogP contribution in [0, 0.1) is 10.1 Å². The van der Waals surface area contributed by atoms with Crippen molar-refractivity contribution in [3.63, 3.8) is 0 Å². The van der Waals surface area contributed by atoms with Gasteiger partial charge in [-0.2, -0.15) is 8.78 Å². The second kappa shape index (κ2) is 9.48. The lowest BCUT2D eigenvalue weighted by atomic mass is 10.2. The van der Waals surface area contributed by atoms with Crippen LogP contribution in [0.5, 0.6) is 17.4 Å². The number of methoxy groups -OCH3 is 1. The number of rotatable bonds is 10. The lowest BCUT2D eigenvalue weighted by molar-refractivity contribution is -0.385. The fourth-order valence-electron chi connectivity index (χ4n) is 2.27. The summed E-state index contributed by atoms with van der Waals surface area (Å²) < 4.78 is 40.5. The van der Waals surface area contributed by atoms with Crippen molar-refractivity contribution < 1.29 is 32.7 Å². The molecule has 0 bridgehead atoms. The van der Waals surface area contributed by atoms with Crippen LogP contribution in [0.2, 0.25) is 0 Å². The molecule has 1 aromatic heterocycles. The van der Waals surface area contributed by atoms with Crippen LogP contribution in [0.1, 0.15) is 13.3 Å². The number of aromatic nitrogens is 2. The van der Waals surface area contributed by atoms with E-state index in [0.717, 1.165) is 6.20 Å². The van der Waals surface area contributed by atoms with Gasteiger partial charge in [-0.15, -0.1) is 5.10 Å². The molecule has 28 heavy (non-hydrogen) atoms. The van der Waals surface area contributed by atoms with Crippen molar-refractivity contribution in [2.45, 2.75) is 26.5 Å². The molecular formula is C16H18F2N4O6. The number of hydrogen-bond donors (Lipinski definition) is 1. The highest BCUT2D eigenvalue weighted by Crippen LogP contribution is 2.32. The van der Waals surface area contributed by atoms with Gasteiger partial charge in [-0.3, -0.25) is 19.6 Å². The minimum atomic E-state index is -3.00. The van der Waals surface area contributed by atoms with Gasteiger partial charge in [0.15, 0.2) is 11.5 Å². The van der Waals surface area contributed by atoms with Crippen LogP contribution in [0.3, 0.4) is 0 Å². The zero-order valence-electron chi connectivity index (χ0n) is 15.1. The maximum Gasteiger partial charge on any atom is 0.387 e. The van der Waals surface area contributed by atoms with Crippen LogP contribution in [0.25, 0.3) is 0 Å². The molecule has 0 aliphatic heterocycles. The van der Waals surface area contributed by atoms with Gasteiger partial charge in [0.05, 0.1) is 25.2 Å². The van der Waals surface area contributed by atoms with Crippen molar-refractivity contribution in [3.8, 4) is 17.4 Å². The normalized spacial score (nSPS) is 10.6. The number of halogens is 2. The average Bonchev–Trinajstić information content (AvgIpc) is 3.06. The first-order valence-electron chi connectivity index (χ1n) is 8.11. The molecule has 1 amide bonds. The Balaban J connectivity index is 2.01. The third kappa shape index (κ3) is 5.53. The van der Waals surface area contributed by atoms with E-state index < -0.39 is 17.4 Å². The van der Waals surface area contributed by atoms with Crippen molar-refractivity contribution >= 4 is 17.3 Å². The monoisotopic (exact) mass is 400 g/mol. The predicted molar refractivity (Wildman–Crippen MR) is 92.9 cm³/mol. The summed E-state index contributed by atoms with van der Waals surface area (Å²) in [5.74, 6) is -0.651. The Morgan fingerprint density at radius 1 is 1.39 bits per heavy atom. The van der Waals surface area contributed by atoms with Crippen molar-refractivity contribution in [3.05, 3.63) is 34.5 Å². The van der Waals surface area contributed by atoms with Gasteiger partial charge < -0.3 is 19.5 Å². The number of nitrogens with one attached hydrogen (secondary N) is 1. The van der Waals surface area contributed by atoms with Crippen molar-refractivity contribution in [1.29, 1.82) is 0 Å². The highest BCUT2D eigenvalue weighted by Gasteiger charge is 2.20. The molecule has 0 fully saturated rings. The molecule has 1 heterocycles. The third-order valence-electron chi connectivity index (χ3n) is 3.41. The molecule has 0 saturated carbocycles. The van der Waals surface area contributed by atoms with Crippen LogP contribution in [0.4, 0.5) is 20.2 Å². The minimum Gasteiger partial charge on any atom is -0.490 e. The average molecular weight is 400 g/mol. The fourth-order valence-corrected chi connectivity index (χ4v) is 2.27. The fraction of sp³-hybridized carbons (Fsp3) is 0.375. The number of nitrogens with zero attached hydrogens (tertiary/aromatic N) is 3. The summed E-state index contributed by atoms with van der Waals surface area (Å²) >= 11 is 0. The molecule has 152 valence electrons. The van der Waals surface area contributed by atoms with Gasteiger partial charge in [-0.05, 0) is 19.1 Å². The van der Waals surface area contributed by atoms with Gasteiger partial charge in [0, 0.05) is 18.2 Å². The topological polar surface area (TPSA) is 118 Å². The highest BCUT2D eigenvalue weighted by atomic mass is 19.3. The lowest BCUT2D eigenvalue weighted by Crippen LogP contribution is -2.15. The Morgan fingerprint density at radius 2 is 2.14 bits per heavy atom. The molecule has 0 aliphatic rings. The van der Waals surface area contributed by atoms with E-state index in [-0.39, 0.29) is 42.6 Å². The molecule has 1 aromatic carbocycles. The number of amides is 1. The number of aryl methyl sites for hydroxylation is 1. The number of benzene rings is 1. The van der Waals surface area contributed by atoms with E-state index >= 15 is 0 Å². The largest absolute Gasteiger partial charge is 0.490 e. The number of carbonyl (C=O) groups is 1. The summed E-state index contributed by atoms with van der Waals surface area (Å²) in [4.78, 5) is 22.3. The summed E-state index contributed by atoms with van der Waals surface area (Å²) in [6.45, 7) is -1.04. The van der Waals surface area contributed by atoms with E-state index in [9.17, 15) is 23.7 Å². The summed E-state index contributed by atoms with van der Waals surface area (Å²) in [5, 5.41) is 17.3. The molecule has 0 saturated heterocycles. The predicted octanol–water partition coefficient (Wildman–Crippen LogP) is 2.83. The first-order valence-corrected chi connectivity index (χ1v) is 8.11. The molecule has 12 heteroatoms. The molecule has 0 spiro atoms. The molecule has 10 nitrogen and oxygen atoms in total. The standard InChI is InChI=1S/C16H18F2N4O6/c1-3-27-13-8-10(4-5-12(13)28-16(17)18)19-14(23)6-7-21-9-11(22(24)25)15(20-21)26-2/h4-5,8-9,16H,3,6-7H2,1-2H3,(H,19,23). The van der Waals surface area contributed by atoms with Gasteiger partial charge >= 0.3 is 18.2 Å². The molecule has 0 radical (unpaired) electrons. The SMILES string of the molecule is CCOc1cc(NC(=O)CCn2cc([N+](=O)[O-])c(OC)n2)ccc1OC(F)F. The Bertz CT molecular complexity index is 843. The Morgan fingerprint density at radius 3 is 2.71 bits per heavy atom. The van der Waals surface area contributed by atoms with Gasteiger partial charge in [0.25, 0.3) is 0 Å². The summed E-state index contributed by atoms with van der Waals surface area (Å²) in [7, 11) is 1.25. The molecule has 2 rings (SSSR count). The lowest BCUT2D eigenvalue weighted by Gasteiger charge is -2.13. The van der Waals surface area contributed by atoms with Crippen molar-refractivity contribution in [2.75, 3.05) is 19.0 Å². The second-order valence-electron chi connectivity index (χ2n) is 5.32. The maximum atomic E-state index is 12.4. The summed E-state index contributed by atoms with van der Waals surface area (Å²) in [6, 6.07) is 4.01. The first-order chi connectivity index (χ1) is 13.3. The minimum absolute atomic E-state index is 0.0404. The molecular weight excluding hydrogens is 382 g/mol. The van der Waals surface area contributed by atoms with Crippen LogP contribution in [-0.2, 0) is 11.3 Å². The van der Waals surface area contributed by atoms with E-state index in [4.69, 9.17) is 9.47 Å². The molecule has 2 aromatic rings.